The van der Waals surface area contributed by atoms with Crippen molar-refractivity contribution < 1.29 is 36.9 Å². The largest absolute Gasteiger partial charge is 0.490 e. The number of halogens is 4. The van der Waals surface area contributed by atoms with Gasteiger partial charge >= 0.3 is 5.69 Å². The molecule has 3 aliphatic heterocycles. The van der Waals surface area contributed by atoms with E-state index in [4.69, 9.17) is 9.47 Å². The van der Waals surface area contributed by atoms with E-state index in [1.807, 2.05) is 20.8 Å². The summed E-state index contributed by atoms with van der Waals surface area (Å²) >= 11 is 0. The maximum absolute atomic E-state index is 16.3. The van der Waals surface area contributed by atoms with Gasteiger partial charge in [0.25, 0.3) is 6.43 Å². The fourth-order valence-electron chi connectivity index (χ4n) is 6.58. The number of amides is 1. The van der Waals surface area contributed by atoms with Crippen molar-refractivity contribution in [3.05, 3.63) is 76.9 Å². The Morgan fingerprint density at radius 2 is 2.00 bits per heavy atom. The van der Waals surface area contributed by atoms with Crippen molar-refractivity contribution in [3.63, 3.8) is 0 Å². The Hall–Kier alpha value is -4.76. The van der Waals surface area contributed by atoms with Crippen LogP contribution in [-0.4, -0.2) is 94.0 Å². The number of nitrogens with one attached hydrogen (secondary N) is 1. The predicted molar refractivity (Wildman–Crippen MR) is 174 cm³/mol. The van der Waals surface area contributed by atoms with E-state index in [2.05, 4.69) is 21.9 Å². The SMILES string of the molecule is C=CC(=O)N1CCN(c2nc(=O)n3c4nc(c(F)cc24)-c2c(F)cccc2OCC(OCC(F)F)C(O)C2=C3C(C(C)C)NC=C2)[C@@H](C)C1. The number of alkyl halides is 2. The molecule has 11 nitrogen and oxygen atoms in total. The molecule has 260 valence electrons. The quantitative estimate of drug-likeness (QED) is 0.296. The molecule has 1 aromatic carbocycles. The highest BCUT2D eigenvalue weighted by Crippen LogP contribution is 2.39. The Bertz CT molecular complexity index is 1910. The second-order valence-corrected chi connectivity index (χ2v) is 12.5. The van der Waals surface area contributed by atoms with E-state index in [9.17, 15) is 23.5 Å². The van der Waals surface area contributed by atoms with Crippen molar-refractivity contribution in [2.45, 2.75) is 51.5 Å². The number of hydrogen-bond acceptors (Lipinski definition) is 9. The number of nitrogens with zero attached hydrogens (tertiary/aromatic N) is 5. The second kappa shape index (κ2) is 13.6. The summed E-state index contributed by atoms with van der Waals surface area (Å²) < 4.78 is 71.1. The summed E-state index contributed by atoms with van der Waals surface area (Å²) in [4.78, 5) is 39.1. The van der Waals surface area contributed by atoms with Crippen LogP contribution in [0.3, 0.4) is 0 Å². The Morgan fingerprint density at radius 3 is 2.69 bits per heavy atom. The third kappa shape index (κ3) is 6.28. The van der Waals surface area contributed by atoms with Crippen LogP contribution in [0.2, 0.25) is 0 Å². The van der Waals surface area contributed by atoms with Gasteiger partial charge < -0.3 is 29.7 Å². The van der Waals surface area contributed by atoms with Gasteiger partial charge in [0.2, 0.25) is 5.91 Å². The van der Waals surface area contributed by atoms with Crippen molar-refractivity contribution in [1.82, 2.24) is 24.8 Å². The highest BCUT2D eigenvalue weighted by Gasteiger charge is 2.37. The van der Waals surface area contributed by atoms with Gasteiger partial charge in [-0.25, -0.2) is 31.9 Å². The lowest BCUT2D eigenvalue weighted by molar-refractivity contribution is -0.126. The smallest absolute Gasteiger partial charge is 0.355 e. The molecule has 0 spiro atoms. The van der Waals surface area contributed by atoms with Crippen LogP contribution in [0, 0.1) is 17.6 Å². The average Bonchev–Trinajstić information content (AvgIpc) is 3.06. The van der Waals surface area contributed by atoms with E-state index in [1.165, 1.54) is 24.3 Å². The van der Waals surface area contributed by atoms with Gasteiger partial charge in [0.15, 0.2) is 11.5 Å². The normalized spacial score (nSPS) is 22.4. The topological polar surface area (TPSA) is 122 Å². The van der Waals surface area contributed by atoms with Gasteiger partial charge in [-0.1, -0.05) is 26.5 Å². The molecular formula is C34H36F4N6O5. The number of aromatic nitrogens is 3. The zero-order valence-corrected chi connectivity index (χ0v) is 27.1. The van der Waals surface area contributed by atoms with Gasteiger partial charge in [-0.15, -0.1) is 0 Å². The molecule has 49 heavy (non-hydrogen) atoms. The van der Waals surface area contributed by atoms with Crippen LogP contribution in [0.4, 0.5) is 23.4 Å². The third-order valence-electron chi connectivity index (χ3n) is 8.95. The summed E-state index contributed by atoms with van der Waals surface area (Å²) in [5.41, 5.74) is -1.45. The molecule has 6 rings (SSSR count). The van der Waals surface area contributed by atoms with Gasteiger partial charge in [-0.05, 0) is 49.4 Å². The number of carbonyl (C=O) groups is 1. The standard InChI is InChI=1S/C34H36F4N6O5/c1-5-26(45)42-11-12-43(18(4)14-42)32-20-13-22(36)29-27-21(35)7-6-8-23(27)48-15-24(49-16-25(37)38)31(46)19-9-10-39-28(17(2)3)30(19)44(33(20)40-29)34(47)41-32/h5-10,13,17-18,24-25,28,31,39,46H,1,11-12,14-16H2,2-4H3/t18-,24?,28?,31?/m0/s1. The maximum Gasteiger partial charge on any atom is 0.355 e. The van der Waals surface area contributed by atoms with Gasteiger partial charge in [-0.2, -0.15) is 4.98 Å². The molecule has 1 fully saturated rings. The molecular weight excluding hydrogens is 648 g/mol. The number of aliphatic hydroxyl groups is 1. The fraction of sp³-hybridized carbons (Fsp3) is 0.412. The summed E-state index contributed by atoms with van der Waals surface area (Å²) in [6, 6.07) is 3.87. The summed E-state index contributed by atoms with van der Waals surface area (Å²) in [5, 5.41) is 15.1. The Kier molecular flexibility index (Phi) is 9.49. The van der Waals surface area contributed by atoms with Gasteiger partial charge in [-0.3, -0.25) is 4.79 Å². The molecule has 5 heterocycles. The first-order valence-corrected chi connectivity index (χ1v) is 15.9. The zero-order chi connectivity index (χ0) is 35.1. The van der Waals surface area contributed by atoms with E-state index in [0.717, 1.165) is 16.7 Å². The van der Waals surface area contributed by atoms with Crippen LogP contribution in [0.25, 0.3) is 28.0 Å². The Labute approximate surface area is 279 Å². The second-order valence-electron chi connectivity index (χ2n) is 12.5. The van der Waals surface area contributed by atoms with Crippen molar-refractivity contribution in [2.75, 3.05) is 37.7 Å². The van der Waals surface area contributed by atoms with Crippen molar-refractivity contribution in [3.8, 4) is 17.0 Å². The average molecular weight is 685 g/mol. The van der Waals surface area contributed by atoms with E-state index in [0.29, 0.717) is 0 Å². The molecule has 1 saturated heterocycles. The number of ether oxygens (including phenoxy) is 2. The summed E-state index contributed by atoms with van der Waals surface area (Å²) in [6.07, 6.45) is -1.65. The number of fused-ring (bicyclic) bond motifs is 4. The number of rotatable bonds is 6. The van der Waals surface area contributed by atoms with Gasteiger partial charge in [0, 0.05) is 31.2 Å². The van der Waals surface area contributed by atoms with E-state index < -0.39 is 60.9 Å². The predicted octanol–water partition coefficient (Wildman–Crippen LogP) is 3.72. The molecule has 3 aromatic rings. The molecule has 4 atom stereocenters. The fourth-order valence-corrected chi connectivity index (χ4v) is 6.58. The minimum absolute atomic E-state index is 0.0922. The Balaban J connectivity index is 1.68. The number of carbonyl (C=O) groups excluding carboxylic acids is 1. The van der Waals surface area contributed by atoms with Crippen LogP contribution >= 0.6 is 0 Å². The van der Waals surface area contributed by atoms with Crippen LogP contribution in [0.5, 0.6) is 5.75 Å². The first kappa shape index (κ1) is 34.1. The van der Waals surface area contributed by atoms with Crippen molar-refractivity contribution in [2.24, 2.45) is 5.92 Å². The third-order valence-corrected chi connectivity index (χ3v) is 8.95. The number of piperazine rings is 1. The molecule has 3 aliphatic rings. The summed E-state index contributed by atoms with van der Waals surface area (Å²) in [6.45, 7) is 8.32. The first-order valence-electron chi connectivity index (χ1n) is 15.9. The van der Waals surface area contributed by atoms with E-state index >= 15 is 8.78 Å². The van der Waals surface area contributed by atoms with Crippen LogP contribution < -0.4 is 20.6 Å². The lowest BCUT2D eigenvalue weighted by Gasteiger charge is -2.40. The maximum atomic E-state index is 16.3. The number of anilines is 1. The monoisotopic (exact) mass is 684 g/mol. The molecule has 0 aliphatic carbocycles. The molecule has 2 bridgehead atoms. The molecule has 3 unspecified atom stereocenters. The number of benzene rings is 1. The lowest BCUT2D eigenvalue weighted by Crippen LogP contribution is -2.54. The van der Waals surface area contributed by atoms with Crippen molar-refractivity contribution in [1.29, 1.82) is 0 Å². The molecule has 2 aromatic heterocycles. The Morgan fingerprint density at radius 1 is 1.22 bits per heavy atom. The number of dihydropyridines is 1. The molecule has 0 saturated carbocycles. The number of hydrogen-bond donors (Lipinski definition) is 2. The highest BCUT2D eigenvalue weighted by molar-refractivity contribution is 5.92. The van der Waals surface area contributed by atoms with Crippen molar-refractivity contribution >= 4 is 28.5 Å². The molecule has 1 amide bonds. The van der Waals surface area contributed by atoms with Gasteiger partial charge in [0.1, 0.15) is 48.5 Å². The van der Waals surface area contributed by atoms with Crippen LogP contribution in [0.1, 0.15) is 20.8 Å². The minimum atomic E-state index is -2.88. The summed E-state index contributed by atoms with van der Waals surface area (Å²) in [5.74, 6) is -2.39. The van der Waals surface area contributed by atoms with E-state index in [-0.39, 0.29) is 76.9 Å². The summed E-state index contributed by atoms with van der Waals surface area (Å²) in [7, 11) is 0. The molecule has 0 radical (unpaired) electrons. The highest BCUT2D eigenvalue weighted by atomic mass is 19.3. The molecule has 15 heteroatoms. The molecule has 2 N–H and O–H groups in total. The number of aliphatic hydroxyl groups excluding tert-OH is 1. The zero-order valence-electron chi connectivity index (χ0n) is 27.1. The van der Waals surface area contributed by atoms with Crippen LogP contribution in [0.15, 0.2) is 59.6 Å². The lowest BCUT2D eigenvalue weighted by atomic mass is 9.90. The van der Waals surface area contributed by atoms with E-state index in [1.54, 1.807) is 16.0 Å². The minimum Gasteiger partial charge on any atom is -0.490 e. The number of pyridine rings is 1. The van der Waals surface area contributed by atoms with Crippen LogP contribution in [-0.2, 0) is 9.53 Å². The van der Waals surface area contributed by atoms with Gasteiger partial charge in [0.05, 0.1) is 22.7 Å². The first-order chi connectivity index (χ1) is 23.4.